The van der Waals surface area contributed by atoms with Crippen molar-refractivity contribution in [3.8, 4) is 0 Å². The van der Waals surface area contributed by atoms with E-state index in [1.54, 1.807) is 26.1 Å². The molecular formula is C14H20FN5. The third-order valence-corrected chi connectivity index (χ3v) is 3.18. The third-order valence-electron chi connectivity index (χ3n) is 3.18. The van der Waals surface area contributed by atoms with Gasteiger partial charge in [-0.2, -0.15) is 4.80 Å². The number of nitrogens with zero attached hydrogens (tertiary/aromatic N) is 4. The second-order valence-electron chi connectivity index (χ2n) is 4.91. The Kier molecular flexibility index (Phi) is 4.79. The standard InChI is InChI=1S/C14H20FN5/c1-4-7-16-13(9-14-17-19-20(3)18-14)11-6-5-10(2)12(15)8-11/h5-6,8,13,16H,4,7,9H2,1-3H3. The van der Waals surface area contributed by atoms with Gasteiger partial charge < -0.3 is 5.32 Å². The molecule has 0 aliphatic rings. The molecule has 108 valence electrons. The fraction of sp³-hybridized carbons (Fsp3) is 0.500. The van der Waals surface area contributed by atoms with Gasteiger partial charge in [-0.25, -0.2) is 4.39 Å². The van der Waals surface area contributed by atoms with Crippen LogP contribution in [0.25, 0.3) is 0 Å². The van der Waals surface area contributed by atoms with Crippen LogP contribution in [0.15, 0.2) is 18.2 Å². The van der Waals surface area contributed by atoms with Gasteiger partial charge in [-0.05, 0) is 42.3 Å². The third kappa shape index (κ3) is 3.60. The summed E-state index contributed by atoms with van der Waals surface area (Å²) >= 11 is 0. The van der Waals surface area contributed by atoms with Gasteiger partial charge in [0.1, 0.15) is 5.82 Å². The van der Waals surface area contributed by atoms with Gasteiger partial charge in [0.05, 0.1) is 7.05 Å². The summed E-state index contributed by atoms with van der Waals surface area (Å²) in [6, 6.07) is 5.32. The molecule has 5 nitrogen and oxygen atoms in total. The maximum absolute atomic E-state index is 13.7. The van der Waals surface area contributed by atoms with Crippen LogP contribution in [0.4, 0.5) is 4.39 Å². The summed E-state index contributed by atoms with van der Waals surface area (Å²) in [5, 5.41) is 15.4. The van der Waals surface area contributed by atoms with Crippen LogP contribution >= 0.6 is 0 Å². The molecule has 0 saturated carbocycles. The van der Waals surface area contributed by atoms with Crippen LogP contribution in [0.2, 0.25) is 0 Å². The van der Waals surface area contributed by atoms with Gasteiger partial charge in [0.25, 0.3) is 0 Å². The minimum Gasteiger partial charge on any atom is -0.310 e. The fourth-order valence-electron chi connectivity index (χ4n) is 2.04. The zero-order chi connectivity index (χ0) is 14.5. The predicted molar refractivity (Wildman–Crippen MR) is 74.7 cm³/mol. The topological polar surface area (TPSA) is 55.6 Å². The van der Waals surface area contributed by atoms with Crippen molar-refractivity contribution in [2.24, 2.45) is 7.05 Å². The van der Waals surface area contributed by atoms with Crippen LogP contribution in [0.3, 0.4) is 0 Å². The Morgan fingerprint density at radius 2 is 2.20 bits per heavy atom. The Bertz CT molecular complexity index is 566. The minimum atomic E-state index is -0.182. The van der Waals surface area contributed by atoms with E-state index in [2.05, 4.69) is 27.7 Å². The van der Waals surface area contributed by atoms with E-state index in [1.807, 2.05) is 6.07 Å². The summed E-state index contributed by atoms with van der Waals surface area (Å²) < 4.78 is 13.7. The molecule has 0 bridgehead atoms. The van der Waals surface area contributed by atoms with Gasteiger partial charge in [-0.3, -0.25) is 0 Å². The average Bonchev–Trinajstić information content (AvgIpc) is 2.83. The van der Waals surface area contributed by atoms with E-state index in [1.165, 1.54) is 4.80 Å². The van der Waals surface area contributed by atoms with Gasteiger partial charge in [0.2, 0.25) is 0 Å². The van der Waals surface area contributed by atoms with Crippen molar-refractivity contribution in [3.63, 3.8) is 0 Å². The van der Waals surface area contributed by atoms with Crippen LogP contribution in [0.1, 0.15) is 36.3 Å². The molecule has 20 heavy (non-hydrogen) atoms. The molecule has 1 unspecified atom stereocenters. The number of hydrogen-bond acceptors (Lipinski definition) is 4. The van der Waals surface area contributed by atoms with E-state index in [0.29, 0.717) is 17.8 Å². The Labute approximate surface area is 118 Å². The Hall–Kier alpha value is -1.82. The molecule has 1 N–H and O–H groups in total. The number of hydrogen-bond donors (Lipinski definition) is 1. The number of halogens is 1. The van der Waals surface area contributed by atoms with Crippen molar-refractivity contribution in [2.45, 2.75) is 32.7 Å². The molecule has 0 aliphatic heterocycles. The largest absolute Gasteiger partial charge is 0.310 e. The van der Waals surface area contributed by atoms with Crippen LogP contribution in [0, 0.1) is 12.7 Å². The Morgan fingerprint density at radius 3 is 2.80 bits per heavy atom. The second kappa shape index (κ2) is 6.56. The van der Waals surface area contributed by atoms with Gasteiger partial charge >= 0.3 is 0 Å². The van der Waals surface area contributed by atoms with Crippen molar-refractivity contribution in [3.05, 3.63) is 41.0 Å². The maximum atomic E-state index is 13.7. The number of tetrazole rings is 1. The number of aromatic nitrogens is 4. The van der Waals surface area contributed by atoms with Crippen molar-refractivity contribution < 1.29 is 4.39 Å². The SMILES string of the molecule is CCCNC(Cc1nnn(C)n1)c1ccc(C)c(F)c1. The smallest absolute Gasteiger partial charge is 0.176 e. The highest BCUT2D eigenvalue weighted by Crippen LogP contribution is 2.19. The van der Waals surface area contributed by atoms with E-state index in [4.69, 9.17) is 0 Å². The molecule has 1 aromatic carbocycles. The van der Waals surface area contributed by atoms with Crippen molar-refractivity contribution in [1.29, 1.82) is 0 Å². The molecular weight excluding hydrogens is 257 g/mol. The summed E-state index contributed by atoms with van der Waals surface area (Å²) in [5.74, 6) is 0.472. The predicted octanol–water partition coefficient (Wildman–Crippen LogP) is 1.94. The molecule has 0 fully saturated rings. The number of rotatable bonds is 6. The lowest BCUT2D eigenvalue weighted by molar-refractivity contribution is 0.512. The summed E-state index contributed by atoms with van der Waals surface area (Å²) in [5.41, 5.74) is 1.56. The molecule has 1 atom stereocenters. The highest BCUT2D eigenvalue weighted by molar-refractivity contribution is 5.26. The van der Waals surface area contributed by atoms with Gasteiger partial charge in [0.15, 0.2) is 5.82 Å². The fourth-order valence-corrected chi connectivity index (χ4v) is 2.04. The van der Waals surface area contributed by atoms with E-state index in [9.17, 15) is 4.39 Å². The van der Waals surface area contributed by atoms with Crippen LogP contribution < -0.4 is 5.32 Å². The van der Waals surface area contributed by atoms with Gasteiger partial charge in [0, 0.05) is 12.5 Å². The molecule has 2 aromatic rings. The quantitative estimate of drug-likeness (QED) is 0.876. The zero-order valence-electron chi connectivity index (χ0n) is 12.1. The number of nitrogens with one attached hydrogen (secondary N) is 1. The van der Waals surface area contributed by atoms with Crippen molar-refractivity contribution in [2.75, 3.05) is 6.54 Å². The first-order valence-electron chi connectivity index (χ1n) is 6.82. The first-order valence-corrected chi connectivity index (χ1v) is 6.82. The monoisotopic (exact) mass is 277 g/mol. The zero-order valence-corrected chi connectivity index (χ0v) is 12.1. The molecule has 6 heteroatoms. The van der Waals surface area contributed by atoms with E-state index in [0.717, 1.165) is 18.5 Å². The minimum absolute atomic E-state index is 0.00532. The molecule has 2 rings (SSSR count). The molecule has 1 aromatic heterocycles. The van der Waals surface area contributed by atoms with Gasteiger partial charge in [-0.15, -0.1) is 10.2 Å². The van der Waals surface area contributed by atoms with Crippen LogP contribution in [-0.2, 0) is 13.5 Å². The number of aryl methyl sites for hydroxylation is 2. The highest BCUT2D eigenvalue weighted by Gasteiger charge is 2.15. The first-order chi connectivity index (χ1) is 9.60. The molecule has 0 spiro atoms. The summed E-state index contributed by atoms with van der Waals surface area (Å²) in [6.45, 7) is 4.72. The van der Waals surface area contributed by atoms with Crippen LogP contribution in [0.5, 0.6) is 0 Å². The van der Waals surface area contributed by atoms with Crippen molar-refractivity contribution >= 4 is 0 Å². The molecule has 0 amide bonds. The summed E-state index contributed by atoms with van der Waals surface area (Å²) in [6.07, 6.45) is 1.61. The Balaban J connectivity index is 2.19. The molecule has 0 radical (unpaired) electrons. The lowest BCUT2D eigenvalue weighted by Gasteiger charge is -2.18. The lowest BCUT2D eigenvalue weighted by Crippen LogP contribution is -2.24. The lowest BCUT2D eigenvalue weighted by atomic mass is 10.0. The normalized spacial score (nSPS) is 12.6. The van der Waals surface area contributed by atoms with E-state index >= 15 is 0 Å². The molecule has 1 heterocycles. The summed E-state index contributed by atoms with van der Waals surface area (Å²) in [7, 11) is 1.73. The maximum Gasteiger partial charge on any atom is 0.176 e. The number of benzene rings is 1. The summed E-state index contributed by atoms with van der Waals surface area (Å²) in [4.78, 5) is 1.43. The highest BCUT2D eigenvalue weighted by atomic mass is 19.1. The van der Waals surface area contributed by atoms with Gasteiger partial charge in [-0.1, -0.05) is 19.1 Å². The first kappa shape index (κ1) is 14.6. The Morgan fingerprint density at radius 1 is 1.40 bits per heavy atom. The van der Waals surface area contributed by atoms with Crippen molar-refractivity contribution in [1.82, 2.24) is 25.5 Å². The second-order valence-corrected chi connectivity index (χ2v) is 4.91. The average molecular weight is 277 g/mol. The molecule has 0 saturated heterocycles. The molecule has 0 aliphatic carbocycles. The van der Waals surface area contributed by atoms with Crippen LogP contribution in [-0.4, -0.2) is 26.8 Å². The van der Waals surface area contributed by atoms with E-state index in [-0.39, 0.29) is 11.9 Å². The van der Waals surface area contributed by atoms with E-state index < -0.39 is 0 Å².